The average molecular weight is 338 g/mol. The summed E-state index contributed by atoms with van der Waals surface area (Å²) >= 11 is 18.0. The summed E-state index contributed by atoms with van der Waals surface area (Å²) in [5.41, 5.74) is 2.95. The van der Waals surface area contributed by atoms with Crippen molar-refractivity contribution in [1.29, 1.82) is 0 Å². The van der Waals surface area contributed by atoms with Crippen molar-refractivity contribution < 1.29 is 0 Å². The Morgan fingerprint density at radius 1 is 0.952 bits per heavy atom. The van der Waals surface area contributed by atoms with Gasteiger partial charge in [0.25, 0.3) is 0 Å². The highest BCUT2D eigenvalue weighted by molar-refractivity contribution is 6.48. The van der Waals surface area contributed by atoms with Gasteiger partial charge >= 0.3 is 0 Å². The fourth-order valence-electron chi connectivity index (χ4n) is 2.11. The van der Waals surface area contributed by atoms with E-state index in [1.54, 1.807) is 12.1 Å². The number of hydrogen-bond donors (Lipinski definition) is 1. The predicted octanol–water partition coefficient (Wildman–Crippen LogP) is 5.63. The number of aromatic amines is 1. The summed E-state index contributed by atoms with van der Waals surface area (Å²) in [5, 5.41) is 1.29. The van der Waals surface area contributed by atoms with E-state index in [1.165, 1.54) is 0 Å². The first-order valence-corrected chi connectivity index (χ1v) is 7.50. The van der Waals surface area contributed by atoms with Crippen molar-refractivity contribution in [2.45, 2.75) is 6.42 Å². The van der Waals surface area contributed by atoms with Gasteiger partial charge < -0.3 is 4.98 Å². The van der Waals surface area contributed by atoms with Crippen LogP contribution in [0.5, 0.6) is 0 Å². The van der Waals surface area contributed by atoms with E-state index in [2.05, 4.69) is 9.97 Å². The number of nitrogens with one attached hydrogen (secondary N) is 1. The molecule has 0 spiro atoms. The highest BCUT2D eigenvalue weighted by Crippen LogP contribution is 2.31. The number of rotatable bonds is 3. The number of nitrogens with zero attached hydrogens (tertiary/aromatic N) is 1. The molecule has 5 heteroatoms. The van der Waals surface area contributed by atoms with Crippen molar-refractivity contribution in [2.75, 3.05) is 0 Å². The van der Waals surface area contributed by atoms with Crippen molar-refractivity contribution in [3.8, 4) is 11.3 Å². The van der Waals surface area contributed by atoms with Gasteiger partial charge in [0, 0.05) is 18.2 Å². The Kier molecular flexibility index (Phi) is 4.20. The number of H-pyrrole nitrogens is 1. The zero-order valence-corrected chi connectivity index (χ0v) is 13.2. The molecule has 2 nitrogen and oxygen atoms in total. The topological polar surface area (TPSA) is 28.7 Å². The van der Waals surface area contributed by atoms with E-state index in [9.17, 15) is 0 Å². The molecule has 3 aromatic rings. The molecular formula is C16H11Cl3N2. The zero-order chi connectivity index (χ0) is 14.8. The minimum atomic E-state index is 0.381. The second-order valence-corrected chi connectivity index (χ2v) is 5.84. The first-order valence-electron chi connectivity index (χ1n) is 6.36. The number of aromatic nitrogens is 2. The maximum absolute atomic E-state index is 6.04. The summed E-state index contributed by atoms with van der Waals surface area (Å²) in [6, 6.07) is 13.6. The second kappa shape index (κ2) is 6.10. The Morgan fingerprint density at radius 2 is 1.62 bits per heavy atom. The van der Waals surface area contributed by atoms with Crippen molar-refractivity contribution in [1.82, 2.24) is 9.97 Å². The lowest BCUT2D eigenvalue weighted by atomic mass is 10.1. The van der Waals surface area contributed by atoms with E-state index in [4.69, 9.17) is 34.8 Å². The van der Waals surface area contributed by atoms with E-state index in [-0.39, 0.29) is 0 Å². The van der Waals surface area contributed by atoms with Crippen LogP contribution in [0, 0.1) is 0 Å². The molecule has 3 rings (SSSR count). The number of benzene rings is 2. The molecular weight excluding hydrogens is 327 g/mol. The summed E-state index contributed by atoms with van der Waals surface area (Å²) in [4.78, 5) is 7.76. The molecule has 0 amide bonds. The lowest BCUT2D eigenvalue weighted by Crippen LogP contribution is -1.91. The molecule has 1 N–H and O–H groups in total. The maximum Gasteiger partial charge on any atom is 0.111 e. The van der Waals surface area contributed by atoms with Gasteiger partial charge in [0.2, 0.25) is 0 Å². The molecule has 0 aliphatic rings. The normalized spacial score (nSPS) is 10.8. The van der Waals surface area contributed by atoms with Crippen LogP contribution in [0.1, 0.15) is 11.4 Å². The minimum absolute atomic E-state index is 0.381. The van der Waals surface area contributed by atoms with E-state index >= 15 is 0 Å². The van der Waals surface area contributed by atoms with E-state index in [0.29, 0.717) is 21.5 Å². The lowest BCUT2D eigenvalue weighted by molar-refractivity contribution is 1.03. The molecule has 0 saturated heterocycles. The molecule has 0 bridgehead atoms. The summed E-state index contributed by atoms with van der Waals surface area (Å²) < 4.78 is 0. The second-order valence-electron chi connectivity index (χ2n) is 4.65. The molecule has 0 aliphatic carbocycles. The van der Waals surface area contributed by atoms with Gasteiger partial charge in [-0.2, -0.15) is 0 Å². The smallest absolute Gasteiger partial charge is 0.111 e. The van der Waals surface area contributed by atoms with Gasteiger partial charge in [-0.05, 0) is 17.7 Å². The third-order valence-corrected chi connectivity index (χ3v) is 4.31. The average Bonchev–Trinajstić information content (AvgIpc) is 2.94. The molecule has 0 atom stereocenters. The van der Waals surface area contributed by atoms with Gasteiger partial charge in [-0.1, -0.05) is 65.1 Å². The third kappa shape index (κ3) is 3.24. The van der Waals surface area contributed by atoms with Crippen LogP contribution in [-0.4, -0.2) is 9.97 Å². The number of hydrogen-bond acceptors (Lipinski definition) is 1. The predicted molar refractivity (Wildman–Crippen MR) is 88.3 cm³/mol. The fourth-order valence-corrected chi connectivity index (χ4v) is 2.75. The van der Waals surface area contributed by atoms with Crippen LogP contribution in [0.3, 0.4) is 0 Å². The van der Waals surface area contributed by atoms with Crippen LogP contribution in [0.4, 0.5) is 0 Å². The van der Waals surface area contributed by atoms with Crippen molar-refractivity contribution in [3.63, 3.8) is 0 Å². The van der Waals surface area contributed by atoms with Gasteiger partial charge in [0.1, 0.15) is 5.82 Å². The molecule has 21 heavy (non-hydrogen) atoms. The molecule has 0 aliphatic heterocycles. The van der Waals surface area contributed by atoms with Gasteiger partial charge in [-0.3, -0.25) is 0 Å². The van der Waals surface area contributed by atoms with Crippen LogP contribution >= 0.6 is 34.8 Å². The Bertz CT molecular complexity index is 743. The Labute approximate surface area is 137 Å². The van der Waals surface area contributed by atoms with E-state index < -0.39 is 0 Å². The highest BCUT2D eigenvalue weighted by Gasteiger charge is 2.09. The minimum Gasteiger partial charge on any atom is -0.348 e. The quantitative estimate of drug-likeness (QED) is 0.617. The molecule has 0 unspecified atom stereocenters. The first kappa shape index (κ1) is 14.5. The van der Waals surface area contributed by atoms with Gasteiger partial charge in [-0.25, -0.2) is 4.98 Å². The third-order valence-electron chi connectivity index (χ3n) is 3.12. The van der Waals surface area contributed by atoms with Gasteiger partial charge in [0.05, 0.1) is 20.8 Å². The first-order chi connectivity index (χ1) is 10.1. The molecule has 0 saturated carbocycles. The maximum atomic E-state index is 6.04. The largest absolute Gasteiger partial charge is 0.348 e. The van der Waals surface area contributed by atoms with Gasteiger partial charge in [0.15, 0.2) is 0 Å². The molecule has 106 valence electrons. The fraction of sp³-hybridized carbons (Fsp3) is 0.0625. The number of imidazole rings is 1. The van der Waals surface area contributed by atoms with Crippen LogP contribution in [-0.2, 0) is 6.42 Å². The van der Waals surface area contributed by atoms with E-state index in [1.807, 2.05) is 36.5 Å². The van der Waals surface area contributed by atoms with Crippen LogP contribution < -0.4 is 0 Å². The van der Waals surface area contributed by atoms with Crippen LogP contribution in [0.2, 0.25) is 15.1 Å². The Balaban J connectivity index is 1.85. The van der Waals surface area contributed by atoms with Gasteiger partial charge in [-0.15, -0.1) is 0 Å². The summed E-state index contributed by atoms with van der Waals surface area (Å²) in [7, 11) is 0. The summed E-state index contributed by atoms with van der Waals surface area (Å²) in [6.45, 7) is 0. The molecule has 0 radical (unpaired) electrons. The molecule has 0 fully saturated rings. The number of halogens is 3. The van der Waals surface area contributed by atoms with Crippen molar-refractivity contribution >= 4 is 34.8 Å². The zero-order valence-electron chi connectivity index (χ0n) is 10.9. The molecule has 1 aromatic heterocycles. The highest BCUT2D eigenvalue weighted by atomic mass is 35.5. The van der Waals surface area contributed by atoms with E-state index in [0.717, 1.165) is 22.6 Å². The van der Waals surface area contributed by atoms with Crippen LogP contribution in [0.25, 0.3) is 11.3 Å². The SMILES string of the molecule is Clc1cc(Cc2nc(-c3ccccc3)c[nH]2)cc(Cl)c1Cl. The van der Waals surface area contributed by atoms with Crippen molar-refractivity contribution in [2.24, 2.45) is 0 Å². The standard InChI is InChI=1S/C16H11Cl3N2/c17-12-6-10(7-13(18)16(12)19)8-15-20-9-14(21-15)11-4-2-1-3-5-11/h1-7,9H,8H2,(H,20,21). The Hall–Kier alpha value is -1.48. The Morgan fingerprint density at radius 3 is 2.29 bits per heavy atom. The molecule has 1 heterocycles. The summed E-state index contributed by atoms with van der Waals surface area (Å²) in [5.74, 6) is 0.850. The lowest BCUT2D eigenvalue weighted by Gasteiger charge is -2.03. The monoisotopic (exact) mass is 336 g/mol. The van der Waals surface area contributed by atoms with Crippen LogP contribution in [0.15, 0.2) is 48.7 Å². The van der Waals surface area contributed by atoms with Crippen molar-refractivity contribution in [3.05, 3.63) is 75.1 Å². The summed E-state index contributed by atoms with van der Waals surface area (Å²) in [6.07, 6.45) is 2.51. The molecule has 2 aromatic carbocycles.